The Morgan fingerprint density at radius 2 is 0.907 bits per heavy atom. The Kier molecular flexibility index (Phi) is 17.7. The Morgan fingerprint density at radius 3 is 1.26 bits per heavy atom. The maximum Gasteiger partial charge on any atom is 0.359 e. The number of esters is 2. The van der Waals surface area contributed by atoms with Crippen LogP contribution >= 0.6 is 0 Å². The number of rotatable bonds is 4. The zero-order valence-corrected chi connectivity index (χ0v) is 29.2. The van der Waals surface area contributed by atoms with Crippen molar-refractivity contribution in [1.29, 1.82) is 0 Å². The molecule has 3 heterocycles. The summed E-state index contributed by atoms with van der Waals surface area (Å²) in [6.07, 6.45) is 3.93. The summed E-state index contributed by atoms with van der Waals surface area (Å²) < 4.78 is 30.2. The fraction of sp³-hybridized carbons (Fsp3) is 0.353. The van der Waals surface area contributed by atoms with Crippen LogP contribution in [0.1, 0.15) is 11.1 Å². The molecule has 2 aromatic carbocycles. The fourth-order valence-electron chi connectivity index (χ4n) is 4.12. The van der Waals surface area contributed by atoms with E-state index in [0.29, 0.717) is 0 Å². The molecule has 10 N–H and O–H groups in total. The molecule has 0 radical (unpaired) electrons. The van der Waals surface area contributed by atoms with Crippen LogP contribution in [-0.2, 0) is 50.9 Å². The zero-order chi connectivity index (χ0) is 39.3. The van der Waals surface area contributed by atoms with E-state index in [0.717, 1.165) is 49.2 Å². The highest BCUT2D eigenvalue weighted by Crippen LogP contribution is 2.26. The topological polar surface area (TPSA) is 321 Å². The second-order valence-electron chi connectivity index (χ2n) is 10.9. The van der Waals surface area contributed by atoms with Gasteiger partial charge in [0.1, 0.15) is 24.6 Å². The first kappa shape index (κ1) is 42.2. The number of azo groups is 2. The number of carbonyl (C=O) groups is 2. The maximum absolute atomic E-state index is 11.9. The van der Waals surface area contributed by atoms with Crippen LogP contribution in [0.25, 0.3) is 0 Å². The van der Waals surface area contributed by atoms with E-state index in [1.54, 1.807) is 24.3 Å². The van der Waals surface area contributed by atoms with E-state index in [4.69, 9.17) is 48.8 Å². The molecule has 4 bridgehead atoms. The van der Waals surface area contributed by atoms with E-state index in [9.17, 15) is 19.8 Å². The number of nitrogens with zero attached hydrogens (tertiary/aromatic N) is 4. The van der Waals surface area contributed by atoms with Crippen molar-refractivity contribution in [2.45, 2.75) is 12.8 Å². The van der Waals surface area contributed by atoms with Gasteiger partial charge in [0.25, 0.3) is 0 Å². The van der Waals surface area contributed by atoms with Gasteiger partial charge in [-0.05, 0) is 35.4 Å². The maximum atomic E-state index is 11.9. The van der Waals surface area contributed by atoms with Crippen LogP contribution in [0.4, 0.5) is 0 Å². The third kappa shape index (κ3) is 14.4. The fourth-order valence-corrected chi connectivity index (χ4v) is 4.12. The van der Waals surface area contributed by atoms with Gasteiger partial charge in [0.15, 0.2) is 34.4 Å². The number of cyclic esters (lactones) is 2. The van der Waals surface area contributed by atoms with E-state index in [-0.39, 0.29) is 98.6 Å². The van der Waals surface area contributed by atoms with Crippen molar-refractivity contribution < 1.29 is 80.1 Å². The number of aromatic hydroxyl groups is 4. The third-order valence-corrected chi connectivity index (χ3v) is 6.77. The minimum absolute atomic E-state index is 0.0263. The van der Waals surface area contributed by atoms with Crippen LogP contribution in [-0.4, -0.2) is 98.3 Å². The first-order valence-corrected chi connectivity index (χ1v) is 16.5. The smallest absolute Gasteiger partial charge is 0.359 e. The van der Waals surface area contributed by atoms with Crippen molar-refractivity contribution in [1.82, 2.24) is 0 Å². The number of carbonyl (C=O) groups excluding carboxylic acids is 2. The van der Waals surface area contributed by atoms with Crippen molar-refractivity contribution in [3.63, 3.8) is 0 Å². The first-order chi connectivity index (χ1) is 26.0. The molecule has 0 atom stereocenters. The van der Waals surface area contributed by atoms with Crippen molar-refractivity contribution in [3.8, 4) is 23.0 Å². The number of phenols is 4. The van der Waals surface area contributed by atoms with Crippen LogP contribution in [0.15, 0.2) is 104 Å². The molecule has 3 aliphatic rings. The Morgan fingerprint density at radius 1 is 0.537 bits per heavy atom. The Hall–Kier alpha value is -6.22. The summed E-state index contributed by atoms with van der Waals surface area (Å²) in [7, 11) is 0. The molecule has 54 heavy (non-hydrogen) atoms. The van der Waals surface area contributed by atoms with Gasteiger partial charge in [0.05, 0.1) is 51.4 Å². The number of fused-ring (bicyclic) bond motifs is 2. The van der Waals surface area contributed by atoms with Crippen molar-refractivity contribution in [2.75, 3.05) is 65.9 Å². The van der Waals surface area contributed by atoms with Gasteiger partial charge in [-0.25, -0.2) is 9.59 Å². The molecule has 20 heteroatoms. The summed E-state index contributed by atoms with van der Waals surface area (Å²) in [5, 5.41) is 74.1. The number of hydrogen-bond donors (Lipinski definition) is 6. The van der Waals surface area contributed by atoms with Gasteiger partial charge in [-0.1, -0.05) is 12.1 Å². The van der Waals surface area contributed by atoms with Crippen LogP contribution < -0.4 is 21.7 Å². The standard InChI is InChI=1S/C18H20N4O10.2C8H11NO2/c23-15-11-9-12(20-19-11)17(25)31-7-3-28-4-8-32-18(26)14-10-13(21-22-14)16(24)30-6-2-27-1-5-29-15;2*9-4-3-6-1-2-7(10)8(11)5-6/h9-10,23-24H,1-8H2;2*1-2,5,10-11H,3-4,9H2/b15-11-,16-13-;;. The molecular weight excluding hydrogens is 716 g/mol. The summed E-state index contributed by atoms with van der Waals surface area (Å²) in [4.78, 5) is 23.8. The number of hydrogen-bond acceptors (Lipinski definition) is 18. The minimum atomic E-state index is -0.787. The van der Waals surface area contributed by atoms with Gasteiger partial charge < -0.3 is 70.5 Å². The van der Waals surface area contributed by atoms with E-state index in [1.165, 1.54) is 12.1 Å². The van der Waals surface area contributed by atoms with Crippen molar-refractivity contribution in [2.24, 2.45) is 20.5 Å². The molecule has 292 valence electrons. The molecule has 3 aliphatic heterocycles. The predicted molar refractivity (Wildman–Crippen MR) is 178 cm³/mol. The number of benzene rings is 2. The molecule has 0 saturated heterocycles. The lowest BCUT2D eigenvalue weighted by molar-refractivity contribution is -0.367. The lowest BCUT2D eigenvalue weighted by Crippen LogP contribution is -2.51. The Bertz CT molecular complexity index is 1650. The molecule has 0 unspecified atom stereocenters. The SMILES string of the molecule is O=C1OCCOCCOC(=O)C2=C/C(=C(\[O-])OCCOCCO/C([O-])=C3/C=C1N=N3)N=N2.[NH3+]CCc1ccc(O)c(O)c1.[NH3+]CCc1ccc(O)c(O)c1. The predicted octanol–water partition coefficient (Wildman–Crippen LogP) is -1.32. The third-order valence-electron chi connectivity index (χ3n) is 6.77. The van der Waals surface area contributed by atoms with E-state index < -0.39 is 23.8 Å². The molecule has 0 spiro atoms. The number of allylic oxidation sites excluding steroid dienone is 2. The average Bonchev–Trinajstić information content (AvgIpc) is 3.86. The van der Waals surface area contributed by atoms with E-state index >= 15 is 0 Å². The number of phenolic OH excluding ortho intramolecular Hbond substituents is 4. The van der Waals surface area contributed by atoms with Gasteiger partial charge in [0, 0.05) is 38.2 Å². The molecule has 0 saturated carbocycles. The average molecular weight is 759 g/mol. The molecule has 20 nitrogen and oxygen atoms in total. The second kappa shape index (κ2) is 22.7. The van der Waals surface area contributed by atoms with Gasteiger partial charge in [-0.2, -0.15) is 0 Å². The van der Waals surface area contributed by atoms with Crippen molar-refractivity contribution >= 4 is 11.9 Å². The highest BCUT2D eigenvalue weighted by atomic mass is 16.6. The van der Waals surface area contributed by atoms with Crippen LogP contribution in [0, 0.1) is 0 Å². The van der Waals surface area contributed by atoms with Gasteiger partial charge >= 0.3 is 11.9 Å². The van der Waals surface area contributed by atoms with Crippen LogP contribution in [0.3, 0.4) is 0 Å². The normalized spacial score (nSPS) is 19.6. The van der Waals surface area contributed by atoms with Gasteiger partial charge in [-0.3, -0.25) is 0 Å². The molecule has 0 aliphatic carbocycles. The van der Waals surface area contributed by atoms with Crippen LogP contribution in [0.2, 0.25) is 0 Å². The lowest BCUT2D eigenvalue weighted by atomic mass is 10.1. The summed E-state index contributed by atoms with van der Waals surface area (Å²) in [5.41, 5.74) is 8.73. The Balaban J connectivity index is 0.000000288. The highest BCUT2D eigenvalue weighted by Gasteiger charge is 2.18. The molecule has 0 aromatic heterocycles. The second-order valence-corrected chi connectivity index (χ2v) is 10.9. The molecule has 5 rings (SSSR count). The van der Waals surface area contributed by atoms with Gasteiger partial charge in [0.2, 0.25) is 0 Å². The number of quaternary nitrogens is 2. The van der Waals surface area contributed by atoms with Gasteiger partial charge in [-0.15, -0.1) is 20.5 Å². The van der Waals surface area contributed by atoms with E-state index in [1.807, 2.05) is 0 Å². The molecular formula is C34H42N6O14. The summed E-state index contributed by atoms with van der Waals surface area (Å²) >= 11 is 0. The lowest BCUT2D eigenvalue weighted by Gasteiger charge is -2.18. The monoisotopic (exact) mass is 758 g/mol. The summed E-state index contributed by atoms with van der Waals surface area (Å²) in [6, 6.07) is 9.64. The van der Waals surface area contributed by atoms with E-state index in [2.05, 4.69) is 31.9 Å². The zero-order valence-electron chi connectivity index (χ0n) is 29.2. The minimum Gasteiger partial charge on any atom is -0.609 e. The number of ether oxygens (including phenoxy) is 6. The molecule has 0 fully saturated rings. The Labute approximate surface area is 308 Å². The van der Waals surface area contributed by atoms with Crippen molar-refractivity contribution in [3.05, 3.63) is 94.4 Å². The largest absolute Gasteiger partial charge is 0.609 e. The molecule has 0 amide bonds. The summed E-state index contributed by atoms with van der Waals surface area (Å²) in [5.74, 6) is -3.41. The van der Waals surface area contributed by atoms with Crippen LogP contribution in [0.5, 0.6) is 23.0 Å². The molecule has 2 aromatic rings. The first-order valence-electron chi connectivity index (χ1n) is 16.5. The summed E-state index contributed by atoms with van der Waals surface area (Å²) in [6.45, 7) is 1.29. The quantitative estimate of drug-likeness (QED) is 0.156. The highest BCUT2D eigenvalue weighted by molar-refractivity contribution is 5.89.